The van der Waals surface area contributed by atoms with Gasteiger partial charge in [0.1, 0.15) is 6.10 Å². The Balaban J connectivity index is 2.02. The highest BCUT2D eigenvalue weighted by atomic mass is 32.2. The van der Waals surface area contributed by atoms with Crippen LogP contribution in [0.2, 0.25) is 0 Å². The van der Waals surface area contributed by atoms with Crippen LogP contribution in [-0.2, 0) is 4.79 Å². The standard InChI is InChI=1S/C17H17NO2S/c1-10-3-6-12(7-4-10)16-15(19)17(20)18-13-9-11(2)5-8-14(13)21-16/h3-9,15-16,19H,1-2H3,(H,18,20). The molecule has 1 amide bonds. The molecule has 0 saturated carbocycles. The number of aryl methyl sites for hydroxylation is 2. The van der Waals surface area contributed by atoms with Crippen LogP contribution in [-0.4, -0.2) is 17.1 Å². The van der Waals surface area contributed by atoms with E-state index in [-0.39, 0.29) is 11.2 Å². The van der Waals surface area contributed by atoms with Crippen LogP contribution < -0.4 is 5.32 Å². The Morgan fingerprint density at radius 2 is 1.71 bits per heavy atom. The monoisotopic (exact) mass is 299 g/mol. The Labute approximate surface area is 128 Å². The molecular formula is C17H17NO2S. The lowest BCUT2D eigenvalue weighted by molar-refractivity contribution is -0.124. The van der Waals surface area contributed by atoms with Gasteiger partial charge in [-0.05, 0) is 37.1 Å². The van der Waals surface area contributed by atoms with Crippen molar-refractivity contribution in [2.24, 2.45) is 0 Å². The molecular weight excluding hydrogens is 282 g/mol. The second kappa shape index (κ2) is 5.54. The molecule has 108 valence electrons. The van der Waals surface area contributed by atoms with Gasteiger partial charge >= 0.3 is 0 Å². The predicted octanol–water partition coefficient (Wildman–Crippen LogP) is 3.45. The molecule has 1 aliphatic heterocycles. The average molecular weight is 299 g/mol. The minimum absolute atomic E-state index is 0.297. The Morgan fingerprint density at radius 3 is 2.43 bits per heavy atom. The largest absolute Gasteiger partial charge is 0.382 e. The molecule has 2 aromatic carbocycles. The normalized spacial score (nSPS) is 21.4. The summed E-state index contributed by atoms with van der Waals surface area (Å²) in [7, 11) is 0. The van der Waals surface area contributed by atoms with Gasteiger partial charge in [0.05, 0.1) is 10.9 Å². The van der Waals surface area contributed by atoms with Gasteiger partial charge in [0.25, 0.3) is 5.91 Å². The molecule has 2 N–H and O–H groups in total. The lowest BCUT2D eigenvalue weighted by Crippen LogP contribution is -2.30. The molecule has 4 heteroatoms. The van der Waals surface area contributed by atoms with Crippen LogP contribution in [0.1, 0.15) is 21.9 Å². The maximum Gasteiger partial charge on any atom is 0.254 e. The summed E-state index contributed by atoms with van der Waals surface area (Å²) in [4.78, 5) is 13.1. The number of hydrogen-bond acceptors (Lipinski definition) is 3. The lowest BCUT2D eigenvalue weighted by atomic mass is 10.1. The molecule has 0 bridgehead atoms. The summed E-state index contributed by atoms with van der Waals surface area (Å²) < 4.78 is 0. The van der Waals surface area contributed by atoms with Gasteiger partial charge < -0.3 is 10.4 Å². The van der Waals surface area contributed by atoms with E-state index in [4.69, 9.17) is 0 Å². The molecule has 1 aliphatic rings. The quantitative estimate of drug-likeness (QED) is 0.848. The Kier molecular flexibility index (Phi) is 3.74. The van der Waals surface area contributed by atoms with Crippen LogP contribution in [0.4, 0.5) is 5.69 Å². The number of aliphatic hydroxyl groups is 1. The van der Waals surface area contributed by atoms with Gasteiger partial charge in [0.15, 0.2) is 0 Å². The van der Waals surface area contributed by atoms with Crippen molar-refractivity contribution >= 4 is 23.4 Å². The van der Waals surface area contributed by atoms with Crippen LogP contribution in [0.5, 0.6) is 0 Å². The van der Waals surface area contributed by atoms with Crippen LogP contribution in [0.25, 0.3) is 0 Å². The van der Waals surface area contributed by atoms with E-state index >= 15 is 0 Å². The molecule has 3 nitrogen and oxygen atoms in total. The third-order valence-electron chi connectivity index (χ3n) is 3.61. The van der Waals surface area contributed by atoms with E-state index in [0.717, 1.165) is 27.3 Å². The lowest BCUT2D eigenvalue weighted by Gasteiger charge is -2.19. The number of fused-ring (bicyclic) bond motifs is 1. The summed E-state index contributed by atoms with van der Waals surface area (Å²) in [6.07, 6.45) is -1.06. The highest BCUT2D eigenvalue weighted by Crippen LogP contribution is 2.43. The third-order valence-corrected chi connectivity index (χ3v) is 5.00. The van der Waals surface area contributed by atoms with Crippen LogP contribution in [0.3, 0.4) is 0 Å². The number of hydrogen-bond donors (Lipinski definition) is 2. The van der Waals surface area contributed by atoms with E-state index in [2.05, 4.69) is 5.32 Å². The summed E-state index contributed by atoms with van der Waals surface area (Å²) in [6.45, 7) is 4.00. The SMILES string of the molecule is Cc1ccc(C2Sc3ccc(C)cc3NC(=O)C2O)cc1. The molecule has 2 atom stereocenters. The van der Waals surface area contributed by atoms with Gasteiger partial charge in [-0.1, -0.05) is 35.9 Å². The zero-order valence-corrected chi connectivity index (χ0v) is 12.8. The van der Waals surface area contributed by atoms with E-state index in [1.54, 1.807) is 0 Å². The fourth-order valence-corrected chi connectivity index (χ4v) is 3.60. The molecule has 0 spiro atoms. The van der Waals surface area contributed by atoms with Crippen molar-refractivity contribution < 1.29 is 9.90 Å². The Bertz CT molecular complexity index is 682. The first-order valence-electron chi connectivity index (χ1n) is 6.87. The zero-order valence-electron chi connectivity index (χ0n) is 12.0. The molecule has 0 radical (unpaired) electrons. The van der Waals surface area contributed by atoms with E-state index in [1.807, 2.05) is 56.3 Å². The first kappa shape index (κ1) is 14.2. The van der Waals surface area contributed by atoms with E-state index in [0.29, 0.717) is 0 Å². The van der Waals surface area contributed by atoms with Gasteiger partial charge in [0, 0.05) is 4.90 Å². The summed E-state index contributed by atoms with van der Waals surface area (Å²) >= 11 is 1.52. The van der Waals surface area contributed by atoms with Gasteiger partial charge in [0.2, 0.25) is 0 Å². The molecule has 2 aromatic rings. The molecule has 21 heavy (non-hydrogen) atoms. The Hall–Kier alpha value is -1.78. The topological polar surface area (TPSA) is 49.3 Å². The first-order valence-corrected chi connectivity index (χ1v) is 7.75. The number of carbonyl (C=O) groups is 1. The van der Waals surface area contributed by atoms with E-state index in [9.17, 15) is 9.90 Å². The summed E-state index contributed by atoms with van der Waals surface area (Å²) in [5.41, 5.74) is 3.98. The first-order chi connectivity index (χ1) is 10.0. The molecule has 0 aromatic heterocycles. The number of anilines is 1. The predicted molar refractivity (Wildman–Crippen MR) is 85.6 cm³/mol. The minimum atomic E-state index is -1.06. The molecule has 0 aliphatic carbocycles. The number of thioether (sulfide) groups is 1. The van der Waals surface area contributed by atoms with Gasteiger partial charge in [-0.25, -0.2) is 0 Å². The number of benzene rings is 2. The van der Waals surface area contributed by atoms with Crippen molar-refractivity contribution in [3.63, 3.8) is 0 Å². The fourth-order valence-electron chi connectivity index (χ4n) is 2.40. The fraction of sp³-hybridized carbons (Fsp3) is 0.235. The van der Waals surface area contributed by atoms with Crippen molar-refractivity contribution in [2.45, 2.75) is 30.1 Å². The van der Waals surface area contributed by atoms with Crippen LogP contribution in [0, 0.1) is 13.8 Å². The average Bonchev–Trinajstić information content (AvgIpc) is 2.58. The summed E-state index contributed by atoms with van der Waals surface area (Å²) in [5, 5.41) is 12.9. The van der Waals surface area contributed by atoms with E-state index in [1.165, 1.54) is 11.8 Å². The van der Waals surface area contributed by atoms with Crippen molar-refractivity contribution in [1.29, 1.82) is 0 Å². The summed E-state index contributed by atoms with van der Waals surface area (Å²) in [6, 6.07) is 13.9. The summed E-state index contributed by atoms with van der Waals surface area (Å²) in [5.74, 6) is -0.350. The van der Waals surface area contributed by atoms with Crippen molar-refractivity contribution in [1.82, 2.24) is 0 Å². The number of carbonyl (C=O) groups excluding carboxylic acids is 1. The van der Waals surface area contributed by atoms with Crippen molar-refractivity contribution in [3.8, 4) is 0 Å². The second-order valence-corrected chi connectivity index (χ2v) is 6.57. The van der Waals surface area contributed by atoms with E-state index < -0.39 is 6.10 Å². The number of aliphatic hydroxyl groups excluding tert-OH is 1. The maximum atomic E-state index is 12.2. The van der Waals surface area contributed by atoms with Crippen LogP contribution in [0.15, 0.2) is 47.4 Å². The number of nitrogens with one attached hydrogen (secondary N) is 1. The van der Waals surface area contributed by atoms with Gasteiger partial charge in [-0.15, -0.1) is 11.8 Å². The zero-order chi connectivity index (χ0) is 15.0. The maximum absolute atomic E-state index is 12.2. The molecule has 3 rings (SSSR count). The van der Waals surface area contributed by atoms with Gasteiger partial charge in [-0.3, -0.25) is 4.79 Å². The molecule has 2 unspecified atom stereocenters. The number of amides is 1. The molecule has 1 heterocycles. The second-order valence-electron chi connectivity index (χ2n) is 5.38. The highest BCUT2D eigenvalue weighted by Gasteiger charge is 2.32. The smallest absolute Gasteiger partial charge is 0.254 e. The highest BCUT2D eigenvalue weighted by molar-refractivity contribution is 7.99. The molecule has 0 fully saturated rings. The Morgan fingerprint density at radius 1 is 1.05 bits per heavy atom. The minimum Gasteiger partial charge on any atom is -0.382 e. The van der Waals surface area contributed by atoms with Gasteiger partial charge in [-0.2, -0.15) is 0 Å². The molecule has 0 saturated heterocycles. The number of rotatable bonds is 1. The van der Waals surface area contributed by atoms with Crippen LogP contribution >= 0.6 is 11.8 Å². The van der Waals surface area contributed by atoms with Crippen molar-refractivity contribution in [2.75, 3.05) is 5.32 Å². The third kappa shape index (κ3) is 2.82. The van der Waals surface area contributed by atoms with Crippen molar-refractivity contribution in [3.05, 3.63) is 59.2 Å².